The Morgan fingerprint density at radius 1 is 1.48 bits per heavy atom. The van der Waals surface area contributed by atoms with Crippen LogP contribution in [0.4, 0.5) is 0 Å². The lowest BCUT2D eigenvalue weighted by Crippen LogP contribution is -2.39. The number of nitrogens with one attached hydrogen (secondary N) is 1. The molecule has 1 aromatic heterocycles. The van der Waals surface area contributed by atoms with Gasteiger partial charge in [-0.25, -0.2) is 12.7 Å². The van der Waals surface area contributed by atoms with Crippen molar-refractivity contribution < 1.29 is 8.42 Å². The Balaban J connectivity index is 1.95. The van der Waals surface area contributed by atoms with E-state index in [-0.39, 0.29) is 5.75 Å². The fourth-order valence-corrected chi connectivity index (χ4v) is 4.18. The molecule has 2 rings (SSSR count). The van der Waals surface area contributed by atoms with Gasteiger partial charge in [0.25, 0.3) is 0 Å². The van der Waals surface area contributed by atoms with E-state index in [1.807, 2.05) is 33.3 Å². The lowest BCUT2D eigenvalue weighted by Gasteiger charge is -2.22. The average molecular weight is 341 g/mol. The van der Waals surface area contributed by atoms with Crippen LogP contribution >= 0.6 is 0 Å². The van der Waals surface area contributed by atoms with Crippen LogP contribution < -0.4 is 5.32 Å². The number of rotatable bonds is 6. The first-order valence-electron chi connectivity index (χ1n) is 8.01. The van der Waals surface area contributed by atoms with E-state index in [0.717, 1.165) is 25.5 Å². The molecule has 0 saturated carbocycles. The topological polar surface area (TPSA) is 69.9 Å². The second-order valence-electron chi connectivity index (χ2n) is 5.77. The molecule has 8 heteroatoms. The highest BCUT2D eigenvalue weighted by atomic mass is 32.2. The molecule has 23 heavy (non-hydrogen) atoms. The first-order chi connectivity index (χ1) is 10.9. The van der Waals surface area contributed by atoms with Crippen LogP contribution in [0.15, 0.2) is 23.3 Å². The molecule has 0 radical (unpaired) electrons. The van der Waals surface area contributed by atoms with Crippen LogP contribution in [0.1, 0.15) is 19.0 Å². The van der Waals surface area contributed by atoms with Crippen molar-refractivity contribution in [2.24, 2.45) is 12.0 Å². The van der Waals surface area contributed by atoms with E-state index in [1.54, 1.807) is 0 Å². The minimum absolute atomic E-state index is 0.268. The van der Waals surface area contributed by atoms with Crippen molar-refractivity contribution >= 4 is 16.0 Å². The van der Waals surface area contributed by atoms with Gasteiger partial charge in [-0.3, -0.25) is 4.99 Å². The van der Waals surface area contributed by atoms with Crippen LogP contribution in [-0.2, 0) is 23.6 Å². The largest absolute Gasteiger partial charge is 0.357 e. The Morgan fingerprint density at radius 2 is 2.26 bits per heavy atom. The smallest absolute Gasteiger partial charge is 0.214 e. The lowest BCUT2D eigenvalue weighted by atomic mass is 10.4. The summed E-state index contributed by atoms with van der Waals surface area (Å²) >= 11 is 0. The summed E-state index contributed by atoms with van der Waals surface area (Å²) in [7, 11) is 0.969. The van der Waals surface area contributed by atoms with Crippen molar-refractivity contribution in [3.05, 3.63) is 24.0 Å². The molecule has 0 aromatic carbocycles. The van der Waals surface area contributed by atoms with Crippen molar-refractivity contribution in [1.29, 1.82) is 0 Å². The number of guanidine groups is 1. The number of hydrogen-bond acceptors (Lipinski definition) is 3. The van der Waals surface area contributed by atoms with E-state index < -0.39 is 10.0 Å². The summed E-state index contributed by atoms with van der Waals surface area (Å²) in [5.74, 6) is 1.06. The van der Waals surface area contributed by atoms with Crippen molar-refractivity contribution in [3.8, 4) is 0 Å². The van der Waals surface area contributed by atoms with E-state index in [9.17, 15) is 8.42 Å². The van der Waals surface area contributed by atoms with E-state index >= 15 is 0 Å². The molecule has 1 fully saturated rings. The number of sulfonamides is 1. The second-order valence-corrected chi connectivity index (χ2v) is 7.86. The SMILES string of the molecule is CCNC(=NCCN1CCCS1(=O)=O)N(C)Cc1cccn1C. The highest BCUT2D eigenvalue weighted by Crippen LogP contribution is 2.12. The molecule has 7 nitrogen and oxygen atoms in total. The zero-order chi connectivity index (χ0) is 16.9. The first-order valence-corrected chi connectivity index (χ1v) is 9.62. The molecule has 0 bridgehead atoms. The number of hydrogen-bond donors (Lipinski definition) is 1. The van der Waals surface area contributed by atoms with Gasteiger partial charge in [0.05, 0.1) is 18.8 Å². The molecule has 0 spiro atoms. The van der Waals surface area contributed by atoms with Gasteiger partial charge in [-0.05, 0) is 25.5 Å². The molecule has 1 aliphatic rings. The summed E-state index contributed by atoms with van der Waals surface area (Å²) in [6, 6.07) is 4.10. The average Bonchev–Trinajstić information content (AvgIpc) is 3.04. The third kappa shape index (κ3) is 4.71. The van der Waals surface area contributed by atoms with Crippen LogP contribution in [0.5, 0.6) is 0 Å². The third-order valence-corrected chi connectivity index (χ3v) is 5.92. The van der Waals surface area contributed by atoms with Gasteiger partial charge < -0.3 is 14.8 Å². The number of aryl methyl sites for hydroxylation is 1. The zero-order valence-electron chi connectivity index (χ0n) is 14.2. The van der Waals surface area contributed by atoms with Crippen LogP contribution in [-0.4, -0.2) is 67.1 Å². The second kappa shape index (κ2) is 7.83. The predicted molar refractivity (Wildman–Crippen MR) is 92.8 cm³/mol. The summed E-state index contributed by atoms with van der Waals surface area (Å²) in [5, 5.41) is 3.26. The molecule has 1 aromatic rings. The Kier molecular flexibility index (Phi) is 6.06. The van der Waals surface area contributed by atoms with Gasteiger partial charge >= 0.3 is 0 Å². The summed E-state index contributed by atoms with van der Waals surface area (Å²) < 4.78 is 27.2. The normalized spacial score (nSPS) is 18.3. The Hall–Kier alpha value is -1.54. The fraction of sp³-hybridized carbons (Fsp3) is 0.667. The highest BCUT2D eigenvalue weighted by molar-refractivity contribution is 7.89. The van der Waals surface area contributed by atoms with Crippen molar-refractivity contribution in [3.63, 3.8) is 0 Å². The quantitative estimate of drug-likeness (QED) is 0.603. The fourth-order valence-electron chi connectivity index (χ4n) is 2.66. The minimum Gasteiger partial charge on any atom is -0.357 e. The van der Waals surface area contributed by atoms with E-state index in [1.165, 1.54) is 10.00 Å². The van der Waals surface area contributed by atoms with Gasteiger partial charge in [-0.2, -0.15) is 0 Å². The molecule has 2 heterocycles. The zero-order valence-corrected chi connectivity index (χ0v) is 15.0. The molecule has 1 aliphatic heterocycles. The summed E-state index contributed by atoms with van der Waals surface area (Å²) in [5.41, 5.74) is 1.19. The van der Waals surface area contributed by atoms with Gasteiger partial charge in [0.15, 0.2) is 5.96 Å². The monoisotopic (exact) mass is 341 g/mol. The van der Waals surface area contributed by atoms with Crippen molar-refractivity contribution in [2.75, 3.05) is 39.0 Å². The standard InChI is InChI=1S/C15H27N5O2S/c1-4-16-15(19(3)13-14-7-5-9-18(14)2)17-8-11-20-10-6-12-23(20,21)22/h5,7,9H,4,6,8,10-13H2,1-3H3,(H,16,17). The molecule has 0 unspecified atom stereocenters. The van der Waals surface area contributed by atoms with Crippen LogP contribution in [0.2, 0.25) is 0 Å². The summed E-state index contributed by atoms with van der Waals surface area (Å²) in [6.07, 6.45) is 2.74. The number of aliphatic imine (C=N–C) groups is 1. The Morgan fingerprint density at radius 3 is 2.83 bits per heavy atom. The van der Waals surface area contributed by atoms with Crippen LogP contribution in [0.3, 0.4) is 0 Å². The van der Waals surface area contributed by atoms with Gasteiger partial charge in [0.2, 0.25) is 10.0 Å². The molecular weight excluding hydrogens is 314 g/mol. The van der Waals surface area contributed by atoms with Crippen LogP contribution in [0.25, 0.3) is 0 Å². The van der Waals surface area contributed by atoms with E-state index in [2.05, 4.69) is 25.8 Å². The summed E-state index contributed by atoms with van der Waals surface area (Å²) in [4.78, 5) is 6.62. The van der Waals surface area contributed by atoms with E-state index in [4.69, 9.17) is 0 Å². The van der Waals surface area contributed by atoms with Crippen molar-refractivity contribution in [1.82, 2.24) is 19.1 Å². The highest BCUT2D eigenvalue weighted by Gasteiger charge is 2.27. The molecular formula is C15H27N5O2S. The molecule has 0 amide bonds. The van der Waals surface area contributed by atoms with Gasteiger partial charge in [-0.1, -0.05) is 0 Å². The predicted octanol–water partition coefficient (Wildman–Crippen LogP) is 0.458. The Bertz CT molecular complexity index is 638. The lowest BCUT2D eigenvalue weighted by molar-refractivity contribution is 0.442. The minimum atomic E-state index is -3.04. The Labute approximate surface area is 139 Å². The molecule has 0 atom stereocenters. The van der Waals surface area contributed by atoms with Gasteiger partial charge in [0.1, 0.15) is 0 Å². The maximum absolute atomic E-state index is 11.8. The van der Waals surface area contributed by atoms with Crippen molar-refractivity contribution in [2.45, 2.75) is 19.9 Å². The molecule has 1 saturated heterocycles. The van der Waals surface area contributed by atoms with Crippen LogP contribution in [0, 0.1) is 0 Å². The number of aromatic nitrogens is 1. The number of nitrogens with zero attached hydrogens (tertiary/aromatic N) is 4. The maximum atomic E-state index is 11.8. The maximum Gasteiger partial charge on any atom is 0.214 e. The molecule has 0 aliphatic carbocycles. The van der Waals surface area contributed by atoms with Gasteiger partial charge in [0, 0.05) is 45.6 Å². The molecule has 130 valence electrons. The first kappa shape index (κ1) is 17.8. The summed E-state index contributed by atoms with van der Waals surface area (Å²) in [6.45, 7) is 5.09. The third-order valence-electron chi connectivity index (χ3n) is 3.96. The molecule has 1 N–H and O–H groups in total. The van der Waals surface area contributed by atoms with Gasteiger partial charge in [-0.15, -0.1) is 0 Å². The van der Waals surface area contributed by atoms with E-state index in [0.29, 0.717) is 19.6 Å².